The van der Waals surface area contributed by atoms with Gasteiger partial charge in [-0.05, 0) is 31.7 Å². The van der Waals surface area contributed by atoms with Crippen molar-refractivity contribution in [2.45, 2.75) is 74.3 Å². The lowest BCUT2D eigenvalue weighted by atomic mass is 9.42. The van der Waals surface area contributed by atoms with E-state index in [0.29, 0.717) is 13.0 Å². The Morgan fingerprint density at radius 1 is 1.03 bits per heavy atom. The van der Waals surface area contributed by atoms with Crippen LogP contribution in [0.5, 0.6) is 0 Å². The van der Waals surface area contributed by atoms with Gasteiger partial charge in [0, 0.05) is 70.0 Å². The summed E-state index contributed by atoms with van der Waals surface area (Å²) in [5.74, 6) is -0.0916. The Labute approximate surface area is 196 Å². The molecule has 6 fully saturated rings. The van der Waals surface area contributed by atoms with Gasteiger partial charge in [-0.25, -0.2) is 0 Å². The highest BCUT2D eigenvalue weighted by Gasteiger charge is 2.91. The van der Waals surface area contributed by atoms with E-state index < -0.39 is 28.1 Å². The van der Waals surface area contributed by atoms with Gasteiger partial charge in [0.05, 0.1) is 37.1 Å². The van der Waals surface area contributed by atoms with E-state index in [1.165, 1.54) is 0 Å². The van der Waals surface area contributed by atoms with Gasteiger partial charge in [-0.3, -0.25) is 4.90 Å². The largest absolute Gasteiger partial charge is 0.396 e. The van der Waals surface area contributed by atoms with E-state index in [2.05, 4.69) is 11.8 Å². The van der Waals surface area contributed by atoms with Gasteiger partial charge < -0.3 is 34.3 Å². The molecule has 2 unspecified atom stereocenters. The molecule has 1 spiro atoms. The second-order valence-corrected chi connectivity index (χ2v) is 11.8. The highest BCUT2D eigenvalue weighted by Crippen LogP contribution is 2.80. The molecule has 6 rings (SSSR count). The predicted molar refractivity (Wildman–Crippen MR) is 119 cm³/mol. The molecule has 8 heteroatoms. The predicted octanol–water partition coefficient (Wildman–Crippen LogP) is 0.271. The van der Waals surface area contributed by atoms with Crippen LogP contribution in [0.2, 0.25) is 0 Å². The number of hydrogen-bond acceptors (Lipinski definition) is 8. The highest BCUT2D eigenvalue weighted by atomic mass is 16.5. The first-order valence-electron chi connectivity index (χ1n) is 12.7. The Hall–Kier alpha value is -0.320. The van der Waals surface area contributed by atoms with Crippen molar-refractivity contribution in [1.29, 1.82) is 0 Å². The molecule has 3 N–H and O–H groups in total. The lowest BCUT2D eigenvalue weighted by Gasteiger charge is -2.70. The molecule has 0 aromatic carbocycles. The summed E-state index contributed by atoms with van der Waals surface area (Å²) in [7, 11) is 6.85. The van der Waals surface area contributed by atoms with Crippen LogP contribution in [0.25, 0.3) is 0 Å². The van der Waals surface area contributed by atoms with Crippen LogP contribution in [0.4, 0.5) is 0 Å². The molecule has 8 nitrogen and oxygen atoms in total. The molecule has 0 amide bonds. The Bertz CT molecular complexity index is 814. The highest BCUT2D eigenvalue weighted by molar-refractivity contribution is 5.41. The SMILES string of the molecule is CCN1C[C@]2(CO)CC[C@H](OC)[C@@]34C5C[C@H]6[C@H](OC)C5[C@](O)(C[C@H]6OC)[C@@](O)([C@H](OC)[C@H]23)[C@@H]14. The quantitative estimate of drug-likeness (QED) is 0.512. The molecule has 0 aromatic rings. The second-order valence-electron chi connectivity index (χ2n) is 11.8. The van der Waals surface area contributed by atoms with E-state index in [4.69, 9.17) is 18.9 Å². The molecule has 0 aromatic heterocycles. The zero-order valence-corrected chi connectivity index (χ0v) is 20.6. The van der Waals surface area contributed by atoms with E-state index in [9.17, 15) is 15.3 Å². The Morgan fingerprint density at radius 2 is 1.79 bits per heavy atom. The van der Waals surface area contributed by atoms with Crippen LogP contribution in [0.1, 0.15) is 32.6 Å². The number of piperidine rings is 1. The number of ether oxygens (including phenoxy) is 4. The van der Waals surface area contributed by atoms with Crippen molar-refractivity contribution in [3.05, 3.63) is 0 Å². The minimum absolute atomic E-state index is 0.0443. The van der Waals surface area contributed by atoms with E-state index in [1.54, 1.807) is 28.4 Å². The summed E-state index contributed by atoms with van der Waals surface area (Å²) < 4.78 is 24.5. The second kappa shape index (κ2) is 7.13. The van der Waals surface area contributed by atoms with Crippen molar-refractivity contribution in [3.63, 3.8) is 0 Å². The average Bonchev–Trinajstić information content (AvgIpc) is 3.24. The molecule has 1 heterocycles. The normalized spacial score (nSPS) is 60.9. The lowest BCUT2D eigenvalue weighted by Crippen LogP contribution is -2.82. The van der Waals surface area contributed by atoms with Crippen molar-refractivity contribution in [1.82, 2.24) is 4.90 Å². The number of hydrogen-bond donors (Lipinski definition) is 3. The lowest BCUT2D eigenvalue weighted by molar-refractivity contribution is -0.320. The van der Waals surface area contributed by atoms with Crippen molar-refractivity contribution < 1.29 is 34.3 Å². The number of methoxy groups -OCH3 is 4. The Kier molecular flexibility index (Phi) is 4.99. The zero-order valence-electron chi connectivity index (χ0n) is 20.6. The van der Waals surface area contributed by atoms with E-state index >= 15 is 0 Å². The standard InChI is InChI=1S/C25H41NO7/c1-6-26-11-22(12-27)8-7-16(31-3)24-14-9-13-15(30-2)10-23(28,17(14)18(13)32-4)25(29,21(24)26)20(33-5)19(22)24/h13-21,27-29H,6-12H2,1-5H3/t13-,14?,15-,16+,17?,18+,19-,20-,21+,22+,23-,24+,25-/m1/s1. The van der Waals surface area contributed by atoms with Gasteiger partial charge >= 0.3 is 0 Å². The van der Waals surface area contributed by atoms with Crippen molar-refractivity contribution in [3.8, 4) is 0 Å². The van der Waals surface area contributed by atoms with Crippen LogP contribution in [-0.4, -0.2) is 110 Å². The van der Waals surface area contributed by atoms with Gasteiger partial charge in [-0.1, -0.05) is 6.92 Å². The third-order valence-corrected chi connectivity index (χ3v) is 11.6. The molecule has 33 heavy (non-hydrogen) atoms. The Morgan fingerprint density at radius 3 is 2.36 bits per heavy atom. The average molecular weight is 468 g/mol. The van der Waals surface area contributed by atoms with Gasteiger partial charge in [-0.15, -0.1) is 0 Å². The van der Waals surface area contributed by atoms with Crippen molar-refractivity contribution >= 4 is 0 Å². The summed E-state index contributed by atoms with van der Waals surface area (Å²) in [6, 6.07) is -0.312. The van der Waals surface area contributed by atoms with Gasteiger partial charge in [0.1, 0.15) is 11.2 Å². The summed E-state index contributed by atoms with van der Waals surface area (Å²) in [6.45, 7) is 3.59. The first kappa shape index (κ1) is 23.1. The molecule has 6 aliphatic rings. The van der Waals surface area contributed by atoms with Gasteiger partial charge in [0.25, 0.3) is 0 Å². The third-order valence-electron chi connectivity index (χ3n) is 11.6. The summed E-state index contributed by atoms with van der Waals surface area (Å²) >= 11 is 0. The third kappa shape index (κ3) is 2.16. The molecule has 5 aliphatic carbocycles. The van der Waals surface area contributed by atoms with Crippen LogP contribution < -0.4 is 0 Å². The van der Waals surface area contributed by atoms with E-state index in [-0.39, 0.29) is 54.6 Å². The number of likely N-dealkylation sites (tertiary alicyclic amines) is 1. The van der Waals surface area contributed by atoms with Crippen LogP contribution >= 0.6 is 0 Å². The number of likely N-dealkylation sites (N-methyl/N-ethyl adjacent to an activating group) is 1. The fourth-order valence-electron chi connectivity index (χ4n) is 11.0. The fourth-order valence-corrected chi connectivity index (χ4v) is 11.0. The summed E-state index contributed by atoms with van der Waals surface area (Å²) in [6.07, 6.45) is 1.81. The smallest absolute Gasteiger partial charge is 0.136 e. The number of nitrogens with zero attached hydrogens (tertiary/aromatic N) is 1. The topological polar surface area (TPSA) is 101 Å². The number of aliphatic hydroxyl groups is 3. The van der Waals surface area contributed by atoms with Crippen molar-refractivity contribution in [2.75, 3.05) is 48.1 Å². The van der Waals surface area contributed by atoms with Gasteiger partial charge in [0.2, 0.25) is 0 Å². The monoisotopic (exact) mass is 467 g/mol. The first-order chi connectivity index (χ1) is 15.8. The van der Waals surface area contributed by atoms with Crippen LogP contribution in [0.15, 0.2) is 0 Å². The maximum Gasteiger partial charge on any atom is 0.136 e. The minimum atomic E-state index is -1.52. The molecule has 0 radical (unpaired) electrons. The number of fused-ring (bicyclic) bond motifs is 2. The maximum atomic E-state index is 13.0. The molecule has 1 saturated heterocycles. The molecule has 188 valence electrons. The van der Waals surface area contributed by atoms with Crippen LogP contribution in [-0.2, 0) is 18.9 Å². The van der Waals surface area contributed by atoms with E-state index in [1.807, 2.05) is 0 Å². The molecule has 1 aliphatic heterocycles. The Balaban J connectivity index is 1.68. The van der Waals surface area contributed by atoms with Gasteiger partial charge in [0.15, 0.2) is 0 Å². The maximum absolute atomic E-state index is 13.0. The first-order valence-corrected chi connectivity index (χ1v) is 12.7. The minimum Gasteiger partial charge on any atom is -0.396 e. The molecule has 5 saturated carbocycles. The zero-order chi connectivity index (χ0) is 23.6. The molecular weight excluding hydrogens is 426 g/mol. The van der Waals surface area contributed by atoms with E-state index in [0.717, 1.165) is 25.8 Å². The fraction of sp³-hybridized carbons (Fsp3) is 1.00. The van der Waals surface area contributed by atoms with Gasteiger partial charge in [-0.2, -0.15) is 0 Å². The summed E-state index contributed by atoms with van der Waals surface area (Å²) in [5, 5.41) is 36.6. The molecule has 7 bridgehead atoms. The number of aliphatic hydroxyl groups excluding tert-OH is 1. The van der Waals surface area contributed by atoms with Crippen LogP contribution in [0.3, 0.4) is 0 Å². The molecular formula is C25H41NO7. The number of rotatable bonds is 6. The summed E-state index contributed by atoms with van der Waals surface area (Å²) in [4.78, 5) is 2.33. The van der Waals surface area contributed by atoms with Crippen LogP contribution in [0, 0.1) is 34.5 Å². The summed E-state index contributed by atoms with van der Waals surface area (Å²) in [5.41, 5.74) is -3.78. The molecule has 13 atom stereocenters. The van der Waals surface area contributed by atoms with Crippen molar-refractivity contribution in [2.24, 2.45) is 34.5 Å².